The van der Waals surface area contributed by atoms with Crippen LogP contribution in [0.15, 0.2) is 66.9 Å². The van der Waals surface area contributed by atoms with Crippen LogP contribution in [0, 0.1) is 0 Å². The fourth-order valence-electron chi connectivity index (χ4n) is 4.17. The first kappa shape index (κ1) is 17.6. The van der Waals surface area contributed by atoms with E-state index in [1.807, 2.05) is 54.1 Å². The lowest BCUT2D eigenvalue weighted by Crippen LogP contribution is -2.27. The molecule has 0 radical (unpaired) electrons. The largest absolute Gasteiger partial charge is 0.345 e. The van der Waals surface area contributed by atoms with E-state index in [0.717, 1.165) is 35.1 Å². The van der Waals surface area contributed by atoms with Crippen molar-refractivity contribution in [3.8, 4) is 11.3 Å². The fraction of sp³-hybridized carbons (Fsp3) is 0.208. The molecule has 0 fully saturated rings. The van der Waals surface area contributed by atoms with Crippen molar-refractivity contribution in [2.45, 2.75) is 32.4 Å². The zero-order valence-electron chi connectivity index (χ0n) is 16.3. The quantitative estimate of drug-likeness (QED) is 0.564. The summed E-state index contributed by atoms with van der Waals surface area (Å²) in [6.07, 6.45) is 3.67. The van der Waals surface area contributed by atoms with Crippen molar-refractivity contribution in [2.75, 3.05) is 0 Å². The van der Waals surface area contributed by atoms with Gasteiger partial charge in [0.2, 0.25) is 0 Å². The van der Waals surface area contributed by atoms with E-state index in [0.29, 0.717) is 12.1 Å². The number of hydrogen-bond donors (Lipinski definition) is 1. The molecule has 0 saturated carbocycles. The van der Waals surface area contributed by atoms with Crippen LogP contribution in [-0.4, -0.2) is 20.7 Å². The van der Waals surface area contributed by atoms with Crippen LogP contribution in [-0.2, 0) is 13.0 Å². The third kappa shape index (κ3) is 3.09. The van der Waals surface area contributed by atoms with Crippen LogP contribution in [0.2, 0.25) is 0 Å². The van der Waals surface area contributed by atoms with Gasteiger partial charge in [-0.2, -0.15) is 5.10 Å². The van der Waals surface area contributed by atoms with Gasteiger partial charge in [0.05, 0.1) is 28.9 Å². The molecule has 144 valence electrons. The second-order valence-electron chi connectivity index (χ2n) is 7.38. The molecule has 1 unspecified atom stereocenters. The van der Waals surface area contributed by atoms with E-state index in [1.165, 1.54) is 11.1 Å². The van der Waals surface area contributed by atoms with Gasteiger partial charge < -0.3 is 5.32 Å². The molecule has 1 amide bonds. The minimum atomic E-state index is -0.0769. The first-order chi connectivity index (χ1) is 14.2. The summed E-state index contributed by atoms with van der Waals surface area (Å²) in [6.45, 7) is 2.73. The van der Waals surface area contributed by atoms with Crippen LogP contribution in [0.5, 0.6) is 0 Å². The normalized spacial score (nSPS) is 15.4. The molecule has 0 saturated heterocycles. The molecule has 1 atom stereocenters. The number of rotatable bonds is 4. The molecule has 29 heavy (non-hydrogen) atoms. The van der Waals surface area contributed by atoms with Gasteiger partial charge in [0.25, 0.3) is 5.91 Å². The number of carbonyl (C=O) groups excluding carboxylic acids is 1. The Morgan fingerprint density at radius 2 is 1.93 bits per heavy atom. The zero-order valence-corrected chi connectivity index (χ0v) is 16.3. The van der Waals surface area contributed by atoms with E-state index in [1.54, 1.807) is 6.20 Å². The molecule has 2 aromatic carbocycles. The third-order valence-corrected chi connectivity index (χ3v) is 5.66. The summed E-state index contributed by atoms with van der Waals surface area (Å²) in [5.41, 5.74) is 5.67. The van der Waals surface area contributed by atoms with Gasteiger partial charge in [-0.15, -0.1) is 0 Å². The Labute approximate surface area is 169 Å². The molecule has 5 nitrogen and oxygen atoms in total. The third-order valence-electron chi connectivity index (χ3n) is 5.66. The molecule has 0 aliphatic heterocycles. The Morgan fingerprint density at radius 1 is 1.14 bits per heavy atom. The molecule has 1 aliphatic rings. The highest BCUT2D eigenvalue weighted by Gasteiger charge is 2.25. The maximum Gasteiger partial charge on any atom is 0.252 e. The van der Waals surface area contributed by atoms with Gasteiger partial charge in [-0.05, 0) is 37.0 Å². The summed E-state index contributed by atoms with van der Waals surface area (Å²) in [7, 11) is 0. The van der Waals surface area contributed by atoms with Crippen LogP contribution < -0.4 is 5.32 Å². The molecule has 4 aromatic rings. The number of hydrogen-bond acceptors (Lipinski definition) is 3. The highest BCUT2D eigenvalue weighted by molar-refractivity contribution is 6.06. The Hall–Kier alpha value is -3.47. The van der Waals surface area contributed by atoms with Gasteiger partial charge >= 0.3 is 0 Å². The lowest BCUT2D eigenvalue weighted by molar-refractivity contribution is 0.0938. The summed E-state index contributed by atoms with van der Waals surface area (Å²) in [6, 6.07) is 20.2. The van der Waals surface area contributed by atoms with Crippen molar-refractivity contribution in [3.05, 3.63) is 83.6 Å². The highest BCUT2D eigenvalue weighted by Crippen LogP contribution is 2.32. The number of aryl methyl sites for hydroxylation is 2. The van der Waals surface area contributed by atoms with E-state index >= 15 is 0 Å². The van der Waals surface area contributed by atoms with Crippen molar-refractivity contribution >= 4 is 16.9 Å². The minimum absolute atomic E-state index is 0.0447. The zero-order chi connectivity index (χ0) is 19.8. The summed E-state index contributed by atoms with van der Waals surface area (Å²) >= 11 is 0. The highest BCUT2D eigenvalue weighted by atomic mass is 16.1. The topological polar surface area (TPSA) is 59.8 Å². The van der Waals surface area contributed by atoms with Crippen molar-refractivity contribution in [1.82, 2.24) is 20.1 Å². The fourth-order valence-corrected chi connectivity index (χ4v) is 4.17. The lowest BCUT2D eigenvalue weighted by Gasteiger charge is -2.15. The number of benzene rings is 2. The number of amides is 1. The van der Waals surface area contributed by atoms with Crippen molar-refractivity contribution in [1.29, 1.82) is 0 Å². The monoisotopic (exact) mass is 382 g/mol. The molecule has 5 heteroatoms. The maximum atomic E-state index is 13.3. The number of carbonyl (C=O) groups is 1. The predicted octanol–water partition coefficient (Wildman–Crippen LogP) is 4.54. The summed E-state index contributed by atoms with van der Waals surface area (Å²) in [4.78, 5) is 18.1. The smallest absolute Gasteiger partial charge is 0.252 e. The van der Waals surface area contributed by atoms with Crippen LogP contribution in [0.3, 0.4) is 0 Å². The van der Waals surface area contributed by atoms with Crippen LogP contribution >= 0.6 is 0 Å². The van der Waals surface area contributed by atoms with Gasteiger partial charge in [-0.1, -0.05) is 54.6 Å². The summed E-state index contributed by atoms with van der Waals surface area (Å²) < 4.78 is 1.84. The summed E-state index contributed by atoms with van der Waals surface area (Å²) in [5, 5.41) is 8.47. The Morgan fingerprint density at radius 3 is 2.76 bits per heavy atom. The lowest BCUT2D eigenvalue weighted by atomic mass is 10.0. The first-order valence-electron chi connectivity index (χ1n) is 10.0. The molecule has 5 rings (SSSR count). The molecule has 2 aromatic heterocycles. The Bertz CT molecular complexity index is 1200. The van der Waals surface area contributed by atoms with Crippen molar-refractivity contribution < 1.29 is 4.79 Å². The van der Waals surface area contributed by atoms with E-state index in [9.17, 15) is 4.79 Å². The predicted molar refractivity (Wildman–Crippen MR) is 114 cm³/mol. The van der Waals surface area contributed by atoms with Crippen LogP contribution in [0.4, 0.5) is 0 Å². The van der Waals surface area contributed by atoms with Gasteiger partial charge in [0, 0.05) is 12.1 Å². The van der Waals surface area contributed by atoms with Gasteiger partial charge in [-0.25, -0.2) is 9.67 Å². The van der Waals surface area contributed by atoms with Gasteiger partial charge in [0.15, 0.2) is 5.65 Å². The van der Waals surface area contributed by atoms with Gasteiger partial charge in [0.1, 0.15) is 0 Å². The number of nitrogens with one attached hydrogen (secondary N) is 1. The molecule has 2 heterocycles. The van der Waals surface area contributed by atoms with Crippen molar-refractivity contribution in [2.24, 2.45) is 0 Å². The molecule has 0 spiro atoms. The Balaban J connectivity index is 1.57. The first-order valence-corrected chi connectivity index (χ1v) is 10.0. The van der Waals surface area contributed by atoms with E-state index < -0.39 is 0 Å². The second kappa shape index (κ2) is 7.17. The van der Waals surface area contributed by atoms with E-state index in [4.69, 9.17) is 4.98 Å². The SMILES string of the molecule is CCn1ncc2c(C(=O)NC3CCc4ccccc43)cc(-c3ccccc3)nc21. The number of aromatic nitrogens is 3. The maximum absolute atomic E-state index is 13.3. The average Bonchev–Trinajstić information content (AvgIpc) is 3.37. The molecular formula is C24H22N4O. The molecule has 1 aliphatic carbocycles. The number of nitrogens with zero attached hydrogens (tertiary/aromatic N) is 3. The molecular weight excluding hydrogens is 360 g/mol. The van der Waals surface area contributed by atoms with E-state index in [-0.39, 0.29) is 11.9 Å². The van der Waals surface area contributed by atoms with Crippen molar-refractivity contribution in [3.63, 3.8) is 0 Å². The second-order valence-corrected chi connectivity index (χ2v) is 7.38. The Kier molecular flexibility index (Phi) is 4.35. The van der Waals surface area contributed by atoms with Gasteiger partial charge in [-0.3, -0.25) is 4.79 Å². The van der Waals surface area contributed by atoms with E-state index in [2.05, 4.69) is 28.6 Å². The van der Waals surface area contributed by atoms with Crippen LogP contribution in [0.1, 0.15) is 40.9 Å². The number of pyridine rings is 1. The molecule has 0 bridgehead atoms. The molecule has 1 N–H and O–H groups in total. The average molecular weight is 382 g/mol. The minimum Gasteiger partial charge on any atom is -0.345 e. The standard InChI is InChI=1S/C24H22N4O/c1-2-28-23-20(15-25-28)19(14-22(26-23)17-9-4-3-5-10-17)24(29)27-21-13-12-16-8-6-7-11-18(16)21/h3-11,14-15,21H,2,12-13H2,1H3,(H,27,29). The number of fused-ring (bicyclic) bond motifs is 2. The van der Waals surface area contributed by atoms with Crippen LogP contribution in [0.25, 0.3) is 22.3 Å². The summed E-state index contributed by atoms with van der Waals surface area (Å²) in [5.74, 6) is -0.0769.